The van der Waals surface area contributed by atoms with Gasteiger partial charge in [-0.05, 0) is 98.2 Å². The van der Waals surface area contributed by atoms with Gasteiger partial charge in [0.2, 0.25) is 0 Å². The molecule has 0 unspecified atom stereocenters. The maximum atomic E-state index is 12.2. The van der Waals surface area contributed by atoms with Gasteiger partial charge in [0.05, 0.1) is 0 Å². The number of carboxylic acid groups (broad SMARTS) is 1. The van der Waals surface area contributed by atoms with Crippen molar-refractivity contribution in [2.75, 3.05) is 0 Å². The van der Waals surface area contributed by atoms with Crippen LogP contribution in [0.25, 0.3) is 0 Å². The van der Waals surface area contributed by atoms with E-state index < -0.39 is 18.1 Å². The molecule has 0 aliphatic heterocycles. The summed E-state index contributed by atoms with van der Waals surface area (Å²) < 4.78 is 5.66. The molecule has 3 fully saturated rings. The van der Waals surface area contributed by atoms with E-state index in [1.54, 1.807) is 0 Å². The molecule has 0 saturated heterocycles. The first-order valence-corrected chi connectivity index (χ1v) is 14.8. The monoisotopic (exact) mass is 501 g/mol. The predicted molar refractivity (Wildman–Crippen MR) is 144 cm³/mol. The van der Waals surface area contributed by atoms with Crippen LogP contribution in [-0.2, 0) is 9.53 Å². The second-order valence-corrected chi connectivity index (χ2v) is 13.8. The van der Waals surface area contributed by atoms with E-state index in [1.165, 1.54) is 63.9 Å². The molecule has 2 N–H and O–H groups in total. The lowest BCUT2D eigenvalue weighted by Gasteiger charge is -2.58. The number of carbonyl (C=O) groups excluding carboxylic acids is 1. The molecule has 0 heterocycles. The van der Waals surface area contributed by atoms with Crippen molar-refractivity contribution in [1.29, 1.82) is 0 Å². The fourth-order valence-corrected chi connectivity index (χ4v) is 9.18. The molecule has 0 aromatic carbocycles. The lowest BCUT2D eigenvalue weighted by Crippen LogP contribution is -2.51. The number of aliphatic carboxylic acids is 1. The molecule has 36 heavy (non-hydrogen) atoms. The van der Waals surface area contributed by atoms with Crippen LogP contribution in [0.5, 0.6) is 0 Å². The molecule has 0 aromatic heterocycles. The summed E-state index contributed by atoms with van der Waals surface area (Å²) in [7, 11) is 0. The number of carboxylic acids is 1. The minimum atomic E-state index is -1.05. The highest BCUT2D eigenvalue weighted by Crippen LogP contribution is 2.67. The number of allylic oxidation sites excluding steroid dienone is 1. The van der Waals surface area contributed by atoms with E-state index >= 15 is 0 Å². The van der Waals surface area contributed by atoms with Crippen molar-refractivity contribution in [3.8, 4) is 0 Å². The summed E-state index contributed by atoms with van der Waals surface area (Å²) in [4.78, 5) is 23.3. The third-order valence-electron chi connectivity index (χ3n) is 11.2. The molecule has 4 rings (SSSR count). The number of amides is 1. The molecule has 0 bridgehead atoms. The highest BCUT2D eigenvalue weighted by atomic mass is 16.6. The number of fused-ring (bicyclic) bond motifs is 5. The van der Waals surface area contributed by atoms with Gasteiger partial charge in [-0.3, -0.25) is 4.79 Å². The maximum Gasteiger partial charge on any atom is 0.408 e. The number of alkyl carbamates (subject to hydrolysis) is 1. The van der Waals surface area contributed by atoms with Crippen molar-refractivity contribution >= 4 is 12.1 Å². The first-order valence-electron chi connectivity index (χ1n) is 14.8. The third kappa shape index (κ3) is 5.23. The standard InChI is InChI=1S/C31H51NO4/c1-19(2)8-7-9-20(3)25-12-13-26-24-11-10-22-18-23(36-29(35)32-21(4)28(33)34)14-16-30(22,5)27(24)15-17-31(25,26)6/h10,19-21,23-27H,7-9,11-18H2,1-6H3,(H,32,35)(H,33,34)/t20-,21+,23+,24+,25-,26+,27+,30+,31-/m1/s1. The van der Waals surface area contributed by atoms with E-state index in [-0.39, 0.29) is 11.5 Å². The van der Waals surface area contributed by atoms with E-state index in [2.05, 4.69) is 46.0 Å². The van der Waals surface area contributed by atoms with Crippen molar-refractivity contribution in [2.24, 2.45) is 46.3 Å². The number of nitrogens with one attached hydrogen (secondary N) is 1. The van der Waals surface area contributed by atoms with Gasteiger partial charge < -0.3 is 15.2 Å². The Kier molecular flexibility index (Phi) is 8.17. The zero-order valence-corrected chi connectivity index (χ0v) is 23.6. The maximum absolute atomic E-state index is 12.2. The van der Waals surface area contributed by atoms with Crippen molar-refractivity contribution in [3.63, 3.8) is 0 Å². The van der Waals surface area contributed by atoms with Gasteiger partial charge in [0.25, 0.3) is 0 Å². The molecule has 1 amide bonds. The van der Waals surface area contributed by atoms with Crippen LogP contribution >= 0.6 is 0 Å². The Hall–Kier alpha value is -1.52. The summed E-state index contributed by atoms with van der Waals surface area (Å²) >= 11 is 0. The van der Waals surface area contributed by atoms with Crippen molar-refractivity contribution in [2.45, 2.75) is 124 Å². The van der Waals surface area contributed by atoms with Crippen LogP contribution in [0.1, 0.15) is 112 Å². The number of hydrogen-bond acceptors (Lipinski definition) is 3. The number of hydrogen-bond donors (Lipinski definition) is 2. The Balaban J connectivity index is 1.40. The van der Waals surface area contributed by atoms with Crippen molar-refractivity contribution in [3.05, 3.63) is 11.6 Å². The third-order valence-corrected chi connectivity index (χ3v) is 11.2. The Bertz CT molecular complexity index is 852. The zero-order chi connectivity index (χ0) is 26.3. The summed E-state index contributed by atoms with van der Waals surface area (Å²) in [6.07, 6.45) is 15.3. The van der Waals surface area contributed by atoms with Gasteiger partial charge in [-0.1, -0.05) is 65.5 Å². The van der Waals surface area contributed by atoms with Gasteiger partial charge in [-0.2, -0.15) is 0 Å². The zero-order valence-electron chi connectivity index (χ0n) is 23.6. The molecule has 4 aliphatic rings. The Morgan fingerprint density at radius 3 is 2.50 bits per heavy atom. The highest BCUT2D eigenvalue weighted by molar-refractivity contribution is 5.79. The minimum Gasteiger partial charge on any atom is -0.480 e. The van der Waals surface area contributed by atoms with Gasteiger partial charge in [-0.15, -0.1) is 0 Å². The largest absolute Gasteiger partial charge is 0.480 e. The molecule has 9 atom stereocenters. The van der Waals surface area contributed by atoms with Gasteiger partial charge in [0.1, 0.15) is 12.1 Å². The van der Waals surface area contributed by atoms with Crippen LogP contribution in [0.2, 0.25) is 0 Å². The van der Waals surface area contributed by atoms with Gasteiger partial charge >= 0.3 is 12.1 Å². The summed E-state index contributed by atoms with van der Waals surface area (Å²) in [5.74, 6) is 3.86. The minimum absolute atomic E-state index is 0.154. The summed E-state index contributed by atoms with van der Waals surface area (Å²) in [5.41, 5.74) is 2.20. The fraction of sp³-hybridized carbons (Fsp3) is 0.871. The quantitative estimate of drug-likeness (QED) is 0.336. The molecule has 5 nitrogen and oxygen atoms in total. The van der Waals surface area contributed by atoms with E-state index in [0.29, 0.717) is 5.41 Å². The second kappa shape index (κ2) is 10.7. The van der Waals surface area contributed by atoms with Crippen LogP contribution in [0, 0.1) is 46.3 Å². The topological polar surface area (TPSA) is 75.6 Å². The van der Waals surface area contributed by atoms with Crippen molar-refractivity contribution < 1.29 is 19.4 Å². The Morgan fingerprint density at radius 2 is 1.81 bits per heavy atom. The van der Waals surface area contributed by atoms with Crippen LogP contribution in [0.3, 0.4) is 0 Å². The number of carbonyl (C=O) groups is 2. The van der Waals surface area contributed by atoms with Crippen LogP contribution in [-0.4, -0.2) is 29.3 Å². The SMILES string of the molecule is CC(C)CCC[C@@H](C)[C@H]1CC[C@H]2[C@@H]3CC=C4C[C@@H](OC(=O)N[C@@H](C)C(=O)O)CC[C@]4(C)[C@H]3CC[C@]12C. The molecule has 4 aliphatic carbocycles. The molecule has 0 aromatic rings. The highest BCUT2D eigenvalue weighted by Gasteiger charge is 2.59. The van der Waals surface area contributed by atoms with Crippen molar-refractivity contribution in [1.82, 2.24) is 5.32 Å². The first-order chi connectivity index (χ1) is 17.0. The molecule has 3 saturated carbocycles. The molecule has 0 spiro atoms. The van der Waals surface area contributed by atoms with E-state index in [4.69, 9.17) is 9.84 Å². The smallest absolute Gasteiger partial charge is 0.408 e. The Labute approximate surface area is 219 Å². The van der Waals surface area contributed by atoms with Crippen LogP contribution in [0.4, 0.5) is 4.79 Å². The van der Waals surface area contributed by atoms with Crippen LogP contribution in [0.15, 0.2) is 11.6 Å². The van der Waals surface area contributed by atoms with E-state index in [1.807, 2.05) is 0 Å². The Morgan fingerprint density at radius 1 is 1.06 bits per heavy atom. The van der Waals surface area contributed by atoms with Crippen LogP contribution < -0.4 is 5.32 Å². The first kappa shape index (κ1) is 27.5. The lowest BCUT2D eigenvalue weighted by molar-refractivity contribution is -0.138. The molecular formula is C31H51NO4. The van der Waals surface area contributed by atoms with E-state index in [0.717, 1.165) is 54.8 Å². The van der Waals surface area contributed by atoms with Gasteiger partial charge in [0, 0.05) is 6.42 Å². The fourth-order valence-electron chi connectivity index (χ4n) is 9.18. The summed E-state index contributed by atoms with van der Waals surface area (Å²) in [6.45, 7) is 13.8. The molecule has 0 radical (unpaired) electrons. The molecule has 5 heteroatoms. The molecular weight excluding hydrogens is 450 g/mol. The summed E-state index contributed by atoms with van der Waals surface area (Å²) in [6, 6.07) is -0.939. The molecule has 204 valence electrons. The van der Waals surface area contributed by atoms with Gasteiger partial charge in [-0.25, -0.2) is 4.79 Å². The van der Waals surface area contributed by atoms with Gasteiger partial charge in [0.15, 0.2) is 0 Å². The summed E-state index contributed by atoms with van der Waals surface area (Å²) in [5, 5.41) is 11.5. The number of ether oxygens (including phenoxy) is 1. The van der Waals surface area contributed by atoms with E-state index in [9.17, 15) is 9.59 Å². The average Bonchev–Trinajstić information content (AvgIpc) is 3.16. The second-order valence-electron chi connectivity index (χ2n) is 13.8. The lowest BCUT2D eigenvalue weighted by atomic mass is 9.47. The average molecular weight is 502 g/mol. The normalized spacial score (nSPS) is 39.3. The number of rotatable bonds is 8. The predicted octanol–water partition coefficient (Wildman–Crippen LogP) is 7.60.